The van der Waals surface area contributed by atoms with Crippen molar-refractivity contribution in [2.24, 2.45) is 0 Å². The van der Waals surface area contributed by atoms with Gasteiger partial charge in [0.05, 0.1) is 10.6 Å². The highest BCUT2D eigenvalue weighted by Crippen LogP contribution is 2.36. The number of hydrogen-bond donors (Lipinski definition) is 1. The molecule has 0 atom stereocenters. The van der Waals surface area contributed by atoms with Gasteiger partial charge in [-0.1, -0.05) is 24.4 Å². The van der Waals surface area contributed by atoms with Crippen molar-refractivity contribution >= 4 is 17.7 Å². The van der Waals surface area contributed by atoms with Gasteiger partial charge < -0.3 is 9.63 Å². The lowest BCUT2D eigenvalue weighted by Gasteiger charge is -2.20. The minimum Gasteiger partial charge on any atom is -0.475 e. The maximum atomic E-state index is 10.9. The van der Waals surface area contributed by atoms with E-state index in [4.69, 9.17) is 9.63 Å². The van der Waals surface area contributed by atoms with Crippen molar-refractivity contribution in [2.75, 3.05) is 0 Å². The second kappa shape index (κ2) is 4.91. The Hall–Kier alpha value is -0.970. The third-order valence-corrected chi connectivity index (χ3v) is 4.36. The van der Waals surface area contributed by atoms with Gasteiger partial charge in [-0.15, -0.1) is 11.8 Å². The number of carbonyl (C=O) groups is 1. The number of hydrogen-bond acceptors (Lipinski definition) is 4. The summed E-state index contributed by atoms with van der Waals surface area (Å²) in [6, 6.07) is 0. The van der Waals surface area contributed by atoms with Crippen LogP contribution in [0.5, 0.6) is 0 Å². The van der Waals surface area contributed by atoms with Gasteiger partial charge in [0.1, 0.15) is 0 Å². The van der Waals surface area contributed by atoms with Crippen LogP contribution in [-0.4, -0.2) is 21.5 Å². The van der Waals surface area contributed by atoms with E-state index in [9.17, 15) is 4.79 Å². The molecule has 1 aromatic heterocycles. The number of nitrogens with zero attached hydrogens (tertiary/aromatic N) is 1. The van der Waals surface area contributed by atoms with Crippen molar-refractivity contribution in [3.05, 3.63) is 11.5 Å². The van der Waals surface area contributed by atoms with E-state index in [1.807, 2.05) is 0 Å². The van der Waals surface area contributed by atoms with Crippen LogP contribution >= 0.6 is 11.8 Å². The molecular formula is C11H15NO3S. The lowest BCUT2D eigenvalue weighted by atomic mass is 10.0. The Morgan fingerprint density at radius 2 is 2.12 bits per heavy atom. The van der Waals surface area contributed by atoms with Gasteiger partial charge in [-0.2, -0.15) is 0 Å². The molecule has 1 aromatic rings. The van der Waals surface area contributed by atoms with Crippen molar-refractivity contribution in [1.82, 2.24) is 5.16 Å². The third-order valence-electron chi connectivity index (χ3n) is 2.84. The summed E-state index contributed by atoms with van der Waals surface area (Å²) in [6.07, 6.45) is 6.10. The number of aromatic nitrogens is 1. The first kappa shape index (κ1) is 11.5. The molecule has 5 heteroatoms. The summed E-state index contributed by atoms with van der Waals surface area (Å²) in [5.41, 5.74) is 0.688. The maximum Gasteiger partial charge on any atom is 0.375 e. The first-order valence-electron chi connectivity index (χ1n) is 5.54. The quantitative estimate of drug-likeness (QED) is 0.880. The molecule has 0 aliphatic heterocycles. The summed E-state index contributed by atoms with van der Waals surface area (Å²) in [6.45, 7) is 1.79. The Morgan fingerprint density at radius 3 is 2.75 bits per heavy atom. The fourth-order valence-electron chi connectivity index (χ4n) is 1.99. The lowest BCUT2D eigenvalue weighted by molar-refractivity contribution is 0.0647. The molecule has 88 valence electrons. The predicted octanol–water partition coefficient (Wildman–Crippen LogP) is 3.11. The van der Waals surface area contributed by atoms with E-state index >= 15 is 0 Å². The second-order valence-electron chi connectivity index (χ2n) is 4.11. The summed E-state index contributed by atoms with van der Waals surface area (Å²) in [7, 11) is 0. The maximum absolute atomic E-state index is 10.9. The van der Waals surface area contributed by atoms with Crippen LogP contribution < -0.4 is 0 Å². The molecule has 0 radical (unpaired) electrons. The predicted molar refractivity (Wildman–Crippen MR) is 60.9 cm³/mol. The molecule has 1 fully saturated rings. The molecule has 1 aliphatic rings. The van der Waals surface area contributed by atoms with Crippen LogP contribution in [0.2, 0.25) is 0 Å². The number of aryl methyl sites for hydroxylation is 1. The average Bonchev–Trinajstić information content (AvgIpc) is 2.62. The Morgan fingerprint density at radius 1 is 1.44 bits per heavy atom. The zero-order valence-corrected chi connectivity index (χ0v) is 10.0. The van der Waals surface area contributed by atoms with Gasteiger partial charge in [0.15, 0.2) is 0 Å². The molecule has 0 saturated heterocycles. The van der Waals surface area contributed by atoms with E-state index in [1.165, 1.54) is 19.3 Å². The van der Waals surface area contributed by atoms with Crippen molar-refractivity contribution in [3.63, 3.8) is 0 Å². The highest BCUT2D eigenvalue weighted by atomic mass is 32.2. The minimum atomic E-state index is -1.03. The fraction of sp³-hybridized carbons (Fsp3) is 0.636. The van der Waals surface area contributed by atoms with Gasteiger partial charge in [-0.3, -0.25) is 0 Å². The highest BCUT2D eigenvalue weighted by molar-refractivity contribution is 8.00. The Labute approximate surface area is 98.4 Å². The molecule has 1 saturated carbocycles. The monoisotopic (exact) mass is 241 g/mol. The van der Waals surface area contributed by atoms with Crippen LogP contribution in [0.25, 0.3) is 0 Å². The summed E-state index contributed by atoms with van der Waals surface area (Å²) in [5, 5.41) is 13.2. The van der Waals surface area contributed by atoms with E-state index < -0.39 is 5.97 Å². The second-order valence-corrected chi connectivity index (χ2v) is 5.42. The molecule has 0 aromatic carbocycles. The number of rotatable bonds is 3. The van der Waals surface area contributed by atoms with Crippen molar-refractivity contribution in [3.8, 4) is 0 Å². The van der Waals surface area contributed by atoms with Crippen LogP contribution in [0.1, 0.15) is 48.4 Å². The molecule has 16 heavy (non-hydrogen) atoms. The molecular weight excluding hydrogens is 226 g/mol. The number of carboxylic acid groups (broad SMARTS) is 1. The van der Waals surface area contributed by atoms with Gasteiger partial charge in [0, 0.05) is 5.25 Å². The Kier molecular flexibility index (Phi) is 3.53. The first-order valence-corrected chi connectivity index (χ1v) is 6.42. The van der Waals surface area contributed by atoms with Crippen LogP contribution in [0.4, 0.5) is 0 Å². The molecule has 2 rings (SSSR count). The van der Waals surface area contributed by atoms with Crippen LogP contribution in [0, 0.1) is 6.92 Å². The Balaban J connectivity index is 2.12. The first-order chi connectivity index (χ1) is 7.68. The van der Waals surface area contributed by atoms with Gasteiger partial charge in [-0.05, 0) is 19.8 Å². The van der Waals surface area contributed by atoms with E-state index in [-0.39, 0.29) is 5.76 Å². The number of thioether (sulfide) groups is 1. The summed E-state index contributed by atoms with van der Waals surface area (Å²) < 4.78 is 4.83. The van der Waals surface area contributed by atoms with Crippen molar-refractivity contribution in [1.29, 1.82) is 0 Å². The zero-order valence-electron chi connectivity index (χ0n) is 9.23. The number of aromatic carboxylic acids is 1. The molecule has 0 amide bonds. The molecule has 4 nitrogen and oxygen atoms in total. The standard InChI is InChI=1S/C11H15NO3S/c1-7-10(9(11(13)14)15-12-7)16-8-5-3-2-4-6-8/h8H,2-6H2,1H3,(H,13,14). The average molecular weight is 241 g/mol. The van der Waals surface area contributed by atoms with Gasteiger partial charge >= 0.3 is 5.97 Å². The molecule has 0 unspecified atom stereocenters. The largest absolute Gasteiger partial charge is 0.475 e. The normalized spacial score (nSPS) is 17.6. The van der Waals surface area contributed by atoms with E-state index in [2.05, 4.69) is 5.16 Å². The van der Waals surface area contributed by atoms with Crippen molar-refractivity contribution in [2.45, 2.75) is 49.2 Å². The van der Waals surface area contributed by atoms with Crippen LogP contribution in [-0.2, 0) is 0 Å². The van der Waals surface area contributed by atoms with E-state index in [0.29, 0.717) is 15.8 Å². The Bertz CT molecular complexity index is 383. The molecule has 1 heterocycles. The van der Waals surface area contributed by atoms with Crippen LogP contribution in [0.3, 0.4) is 0 Å². The van der Waals surface area contributed by atoms with E-state index in [0.717, 1.165) is 12.8 Å². The smallest absolute Gasteiger partial charge is 0.375 e. The summed E-state index contributed by atoms with van der Waals surface area (Å²) in [4.78, 5) is 11.6. The van der Waals surface area contributed by atoms with Gasteiger partial charge in [0.25, 0.3) is 5.76 Å². The van der Waals surface area contributed by atoms with E-state index in [1.54, 1.807) is 18.7 Å². The van der Waals surface area contributed by atoms with Gasteiger partial charge in [0.2, 0.25) is 0 Å². The summed E-state index contributed by atoms with van der Waals surface area (Å²) >= 11 is 1.62. The topological polar surface area (TPSA) is 63.3 Å². The van der Waals surface area contributed by atoms with Crippen LogP contribution in [0.15, 0.2) is 9.42 Å². The third kappa shape index (κ3) is 2.40. The highest BCUT2D eigenvalue weighted by Gasteiger charge is 2.24. The molecule has 1 N–H and O–H groups in total. The van der Waals surface area contributed by atoms with Gasteiger partial charge in [-0.25, -0.2) is 4.79 Å². The molecule has 1 aliphatic carbocycles. The SMILES string of the molecule is Cc1noc(C(=O)O)c1SC1CCCCC1. The van der Waals surface area contributed by atoms with Crippen molar-refractivity contribution < 1.29 is 14.4 Å². The molecule has 0 spiro atoms. The number of carboxylic acids is 1. The summed E-state index contributed by atoms with van der Waals surface area (Å²) in [5.74, 6) is -1.04. The fourth-order valence-corrected chi connectivity index (χ4v) is 3.33. The molecule has 0 bridgehead atoms. The minimum absolute atomic E-state index is 0.00641. The zero-order chi connectivity index (χ0) is 11.5. The lowest BCUT2D eigenvalue weighted by Crippen LogP contribution is -2.09.